The molecule has 0 aliphatic carbocycles. The van der Waals surface area contributed by atoms with Gasteiger partial charge in [-0.25, -0.2) is 0 Å². The van der Waals surface area contributed by atoms with Crippen molar-refractivity contribution in [2.24, 2.45) is 0 Å². The number of allylic oxidation sites excluding steroid dienone is 5. The Balaban J connectivity index is 0.00000192. The molecule has 0 saturated carbocycles. The van der Waals surface area contributed by atoms with Crippen LogP contribution < -0.4 is 4.90 Å². The average molecular weight is 438 g/mol. The monoisotopic (exact) mass is 438 g/mol. The number of fused-ring (bicyclic) bond motifs is 1. The van der Waals surface area contributed by atoms with Crippen LogP contribution in [0.1, 0.15) is 13.8 Å². The summed E-state index contributed by atoms with van der Waals surface area (Å²) in [7, 11) is 0. The second-order valence-corrected chi connectivity index (χ2v) is 6.38. The lowest BCUT2D eigenvalue weighted by Gasteiger charge is -2.23. The topological polar surface area (TPSA) is 6.48 Å². The highest BCUT2D eigenvalue weighted by Crippen LogP contribution is 2.43. The van der Waals surface area contributed by atoms with E-state index in [9.17, 15) is 0 Å². The third-order valence-electron chi connectivity index (χ3n) is 3.93. The number of halogens is 1. The van der Waals surface area contributed by atoms with Gasteiger partial charge in [-0.1, -0.05) is 42.1 Å². The van der Waals surface area contributed by atoms with Crippen LogP contribution in [0, 0.1) is 0 Å². The lowest BCUT2D eigenvalue weighted by atomic mass is 10.2. The first-order chi connectivity index (χ1) is 10.8. The number of benzene rings is 1. The number of hydrogen-bond donors (Lipinski definition) is 0. The van der Waals surface area contributed by atoms with Gasteiger partial charge < -0.3 is 9.80 Å². The molecule has 2 heterocycles. The zero-order valence-corrected chi connectivity index (χ0v) is 16.7. The van der Waals surface area contributed by atoms with Gasteiger partial charge >= 0.3 is 0 Å². The average Bonchev–Trinajstić information content (AvgIpc) is 2.92. The fourth-order valence-electron chi connectivity index (χ4n) is 2.80. The number of thioether (sulfide) groups is 1. The van der Waals surface area contributed by atoms with Crippen LogP contribution in [-0.2, 0) is 0 Å². The van der Waals surface area contributed by atoms with Crippen molar-refractivity contribution in [2.75, 3.05) is 18.0 Å². The smallest absolute Gasteiger partial charge is 0.0985 e. The van der Waals surface area contributed by atoms with Gasteiger partial charge in [0.15, 0.2) is 0 Å². The van der Waals surface area contributed by atoms with Gasteiger partial charge in [-0.15, -0.1) is 24.0 Å². The zero-order chi connectivity index (χ0) is 15.4. The predicted octanol–water partition coefficient (Wildman–Crippen LogP) is 5.41. The Bertz CT molecular complexity index is 649. The van der Waals surface area contributed by atoms with E-state index in [1.807, 2.05) is 11.8 Å². The van der Waals surface area contributed by atoms with Crippen molar-refractivity contribution in [1.82, 2.24) is 4.90 Å². The normalized spacial score (nSPS) is 21.1. The van der Waals surface area contributed by atoms with E-state index < -0.39 is 0 Å². The molecule has 1 aromatic rings. The van der Waals surface area contributed by atoms with Gasteiger partial charge in [-0.3, -0.25) is 0 Å². The maximum atomic E-state index is 2.45. The fourth-order valence-corrected chi connectivity index (χ4v) is 4.08. The predicted molar refractivity (Wildman–Crippen MR) is 112 cm³/mol. The van der Waals surface area contributed by atoms with Crippen molar-refractivity contribution in [3.05, 3.63) is 72.6 Å². The standard InChI is InChI=1S/C19H22N2S.HI/c1-3-20-15-8-7-10-16(20)11-9-14-19-21(4-2)17-12-5-6-13-18(17)22-19;/h5-15,19H,3-4H2,1-2H3;1H/b14-9+,16-11-;. The van der Waals surface area contributed by atoms with E-state index in [1.165, 1.54) is 16.3 Å². The summed E-state index contributed by atoms with van der Waals surface area (Å²) in [6.45, 7) is 6.41. The molecule has 1 atom stereocenters. The Morgan fingerprint density at radius 1 is 1.13 bits per heavy atom. The molecule has 2 nitrogen and oxygen atoms in total. The first-order valence-corrected chi connectivity index (χ1v) is 8.73. The summed E-state index contributed by atoms with van der Waals surface area (Å²) in [6.07, 6.45) is 15.1. The van der Waals surface area contributed by atoms with Crippen LogP contribution in [0.2, 0.25) is 0 Å². The van der Waals surface area contributed by atoms with E-state index in [4.69, 9.17) is 0 Å². The van der Waals surface area contributed by atoms with Crippen molar-refractivity contribution in [2.45, 2.75) is 24.1 Å². The van der Waals surface area contributed by atoms with Crippen LogP contribution in [0.15, 0.2) is 77.5 Å². The Hall–Kier alpha value is -1.14. The molecule has 122 valence electrons. The molecule has 1 unspecified atom stereocenters. The highest BCUT2D eigenvalue weighted by Gasteiger charge is 2.26. The van der Waals surface area contributed by atoms with Gasteiger partial charge in [0.2, 0.25) is 0 Å². The molecule has 0 aromatic heterocycles. The third-order valence-corrected chi connectivity index (χ3v) is 5.18. The van der Waals surface area contributed by atoms with Crippen molar-refractivity contribution in [1.29, 1.82) is 0 Å². The van der Waals surface area contributed by atoms with Gasteiger partial charge in [0.1, 0.15) is 0 Å². The number of anilines is 1. The van der Waals surface area contributed by atoms with E-state index in [1.54, 1.807) is 0 Å². The molecule has 3 rings (SSSR count). The first kappa shape index (κ1) is 18.2. The number of para-hydroxylation sites is 1. The largest absolute Gasteiger partial charge is 0.355 e. The summed E-state index contributed by atoms with van der Waals surface area (Å²) in [5.74, 6) is 0. The number of nitrogens with zero attached hydrogens (tertiary/aromatic N) is 2. The second kappa shape index (κ2) is 8.64. The third kappa shape index (κ3) is 4.04. The van der Waals surface area contributed by atoms with E-state index in [-0.39, 0.29) is 24.0 Å². The summed E-state index contributed by atoms with van der Waals surface area (Å²) in [6, 6.07) is 8.66. The van der Waals surface area contributed by atoms with Gasteiger partial charge in [-0.2, -0.15) is 0 Å². The first-order valence-electron chi connectivity index (χ1n) is 7.85. The molecule has 0 bridgehead atoms. The maximum absolute atomic E-state index is 2.45. The zero-order valence-electron chi connectivity index (χ0n) is 13.6. The van der Waals surface area contributed by atoms with Gasteiger partial charge in [0.05, 0.1) is 11.1 Å². The Morgan fingerprint density at radius 2 is 1.96 bits per heavy atom. The summed E-state index contributed by atoms with van der Waals surface area (Å²) in [4.78, 5) is 6.07. The molecule has 0 spiro atoms. The van der Waals surface area contributed by atoms with Crippen molar-refractivity contribution >= 4 is 41.4 Å². The van der Waals surface area contributed by atoms with Crippen molar-refractivity contribution < 1.29 is 0 Å². The molecule has 23 heavy (non-hydrogen) atoms. The highest BCUT2D eigenvalue weighted by molar-refractivity contribution is 14.0. The maximum Gasteiger partial charge on any atom is 0.0985 e. The quantitative estimate of drug-likeness (QED) is 0.581. The summed E-state index contributed by atoms with van der Waals surface area (Å²) >= 11 is 1.93. The molecule has 0 N–H and O–H groups in total. The second-order valence-electron chi connectivity index (χ2n) is 5.23. The van der Waals surface area contributed by atoms with Crippen LogP contribution in [0.5, 0.6) is 0 Å². The number of rotatable bonds is 4. The van der Waals surface area contributed by atoms with E-state index in [0.717, 1.165) is 13.1 Å². The summed E-state index contributed by atoms with van der Waals surface area (Å²) in [5.41, 5.74) is 2.60. The molecule has 0 saturated heterocycles. The van der Waals surface area contributed by atoms with Crippen LogP contribution in [0.3, 0.4) is 0 Å². The molecule has 2 aliphatic rings. The minimum absolute atomic E-state index is 0. The summed E-state index contributed by atoms with van der Waals surface area (Å²) in [5, 5.41) is 0.387. The van der Waals surface area contributed by atoms with Gasteiger partial charge in [0.25, 0.3) is 0 Å². The van der Waals surface area contributed by atoms with Crippen LogP contribution in [0.25, 0.3) is 0 Å². The van der Waals surface area contributed by atoms with E-state index >= 15 is 0 Å². The fraction of sp³-hybridized carbons (Fsp3) is 0.263. The summed E-state index contributed by atoms with van der Waals surface area (Å²) < 4.78 is 0. The molecular weight excluding hydrogens is 415 g/mol. The Kier molecular flexibility index (Phi) is 6.84. The number of hydrogen-bond acceptors (Lipinski definition) is 3. The Labute approximate surface area is 160 Å². The lowest BCUT2D eigenvalue weighted by Crippen LogP contribution is -2.27. The SMILES string of the molecule is CCN1C=CC=C/C1=C/C=C/C1Sc2ccccc2N1CC.I. The number of likely N-dealkylation sites (N-methyl/N-ethyl adjacent to an activating group) is 2. The minimum Gasteiger partial charge on any atom is -0.355 e. The molecule has 2 aliphatic heterocycles. The molecule has 4 heteroatoms. The molecule has 0 amide bonds. The van der Waals surface area contributed by atoms with Crippen LogP contribution >= 0.6 is 35.7 Å². The molecule has 0 radical (unpaired) electrons. The van der Waals surface area contributed by atoms with Crippen LogP contribution in [0.4, 0.5) is 5.69 Å². The lowest BCUT2D eigenvalue weighted by molar-refractivity contribution is 0.503. The van der Waals surface area contributed by atoms with Crippen molar-refractivity contribution in [3.63, 3.8) is 0 Å². The minimum atomic E-state index is 0. The van der Waals surface area contributed by atoms with Gasteiger partial charge in [-0.05, 0) is 44.2 Å². The Morgan fingerprint density at radius 3 is 2.74 bits per heavy atom. The molecule has 0 fully saturated rings. The van der Waals surface area contributed by atoms with E-state index in [0.29, 0.717) is 5.37 Å². The van der Waals surface area contributed by atoms with Crippen LogP contribution in [-0.4, -0.2) is 23.4 Å². The van der Waals surface area contributed by atoms with Gasteiger partial charge in [0, 0.05) is 29.9 Å². The van der Waals surface area contributed by atoms with Crippen molar-refractivity contribution in [3.8, 4) is 0 Å². The molecular formula is C19H23IN2S. The highest BCUT2D eigenvalue weighted by atomic mass is 127. The van der Waals surface area contributed by atoms with E-state index in [2.05, 4.69) is 90.6 Å². The molecule has 1 aromatic carbocycles.